The molecule has 0 unspecified atom stereocenters. The van der Waals surface area contributed by atoms with Crippen molar-refractivity contribution in [2.24, 2.45) is 0 Å². The van der Waals surface area contributed by atoms with Gasteiger partial charge in [0.2, 0.25) is 0 Å². The number of nitrogens with zero attached hydrogens (tertiary/aromatic N) is 1. The molecule has 1 aromatic carbocycles. The van der Waals surface area contributed by atoms with E-state index < -0.39 is 0 Å². The molecule has 0 amide bonds. The van der Waals surface area contributed by atoms with Crippen LogP contribution in [0, 0.1) is 0 Å². The number of aromatic nitrogens is 2. The third-order valence-corrected chi connectivity index (χ3v) is 3.44. The Bertz CT molecular complexity index is 603. The molecule has 18 heavy (non-hydrogen) atoms. The highest BCUT2D eigenvalue weighted by atomic mass is 32.1. The van der Waals surface area contributed by atoms with Crippen LogP contribution in [0.2, 0.25) is 0 Å². The van der Waals surface area contributed by atoms with Crippen LogP contribution in [0.3, 0.4) is 0 Å². The van der Waals surface area contributed by atoms with Gasteiger partial charge in [0.25, 0.3) is 0 Å². The summed E-state index contributed by atoms with van der Waals surface area (Å²) in [5, 5.41) is 2.05. The van der Waals surface area contributed by atoms with Gasteiger partial charge in [-0.15, -0.1) is 11.3 Å². The van der Waals surface area contributed by atoms with E-state index in [0.29, 0.717) is 6.61 Å². The number of aromatic amines is 1. The number of H-pyrrole nitrogens is 1. The van der Waals surface area contributed by atoms with Gasteiger partial charge in [-0.2, -0.15) is 0 Å². The first-order valence-corrected chi connectivity index (χ1v) is 6.55. The zero-order valence-corrected chi connectivity index (χ0v) is 10.5. The Kier molecular flexibility index (Phi) is 3.10. The first-order chi connectivity index (χ1) is 8.93. The van der Waals surface area contributed by atoms with Crippen LogP contribution in [0.1, 0.15) is 4.88 Å². The monoisotopic (exact) mass is 256 g/mol. The van der Waals surface area contributed by atoms with Crippen LogP contribution in [0.15, 0.2) is 54.2 Å². The minimum Gasteiger partial charge on any atom is -0.487 e. The van der Waals surface area contributed by atoms with Gasteiger partial charge in [-0.05, 0) is 23.6 Å². The molecule has 0 radical (unpaired) electrons. The van der Waals surface area contributed by atoms with Gasteiger partial charge in [0.15, 0.2) is 0 Å². The standard InChI is InChI=1S/C14H12N2OS/c1-2-6-13(17-10-11-4-3-9-18-11)12(5-1)14-15-7-8-16-14/h1-9H,10H2,(H,15,16). The van der Waals surface area contributed by atoms with Crippen molar-refractivity contribution in [1.82, 2.24) is 9.97 Å². The molecule has 0 aliphatic heterocycles. The highest BCUT2D eigenvalue weighted by molar-refractivity contribution is 7.09. The smallest absolute Gasteiger partial charge is 0.141 e. The van der Waals surface area contributed by atoms with E-state index in [2.05, 4.69) is 21.4 Å². The van der Waals surface area contributed by atoms with Crippen molar-refractivity contribution in [3.63, 3.8) is 0 Å². The summed E-state index contributed by atoms with van der Waals surface area (Å²) in [6.45, 7) is 0.593. The van der Waals surface area contributed by atoms with Gasteiger partial charge in [-0.25, -0.2) is 4.98 Å². The number of rotatable bonds is 4. The second-order valence-electron chi connectivity index (χ2n) is 3.80. The molecule has 0 atom stereocenters. The predicted octanol–water partition coefficient (Wildman–Crippen LogP) is 3.72. The van der Waals surface area contributed by atoms with E-state index in [1.807, 2.05) is 36.5 Å². The number of ether oxygens (including phenoxy) is 1. The van der Waals surface area contributed by atoms with Crippen LogP contribution in [-0.2, 0) is 6.61 Å². The summed E-state index contributed by atoms with van der Waals surface area (Å²) in [6, 6.07) is 12.0. The van der Waals surface area contributed by atoms with Gasteiger partial charge in [-0.1, -0.05) is 18.2 Å². The second kappa shape index (κ2) is 5.06. The van der Waals surface area contributed by atoms with E-state index >= 15 is 0 Å². The summed E-state index contributed by atoms with van der Waals surface area (Å²) in [4.78, 5) is 8.57. The molecule has 0 aliphatic carbocycles. The Balaban J connectivity index is 1.84. The molecule has 90 valence electrons. The molecular weight excluding hydrogens is 244 g/mol. The number of nitrogens with one attached hydrogen (secondary N) is 1. The maximum absolute atomic E-state index is 5.86. The molecule has 2 aromatic heterocycles. The predicted molar refractivity (Wildman–Crippen MR) is 72.7 cm³/mol. The second-order valence-corrected chi connectivity index (χ2v) is 4.83. The van der Waals surface area contributed by atoms with E-state index in [4.69, 9.17) is 4.74 Å². The summed E-state index contributed by atoms with van der Waals surface area (Å²) < 4.78 is 5.86. The highest BCUT2D eigenvalue weighted by Gasteiger charge is 2.07. The van der Waals surface area contributed by atoms with Crippen molar-refractivity contribution in [3.8, 4) is 17.1 Å². The van der Waals surface area contributed by atoms with E-state index in [9.17, 15) is 0 Å². The fourth-order valence-corrected chi connectivity index (χ4v) is 2.36. The van der Waals surface area contributed by atoms with Crippen LogP contribution < -0.4 is 4.74 Å². The van der Waals surface area contributed by atoms with Gasteiger partial charge in [0, 0.05) is 17.3 Å². The summed E-state index contributed by atoms with van der Waals surface area (Å²) in [5.41, 5.74) is 0.985. The zero-order valence-electron chi connectivity index (χ0n) is 9.67. The normalized spacial score (nSPS) is 10.4. The Morgan fingerprint density at radius 2 is 2.11 bits per heavy atom. The van der Waals surface area contributed by atoms with Crippen molar-refractivity contribution in [3.05, 3.63) is 59.0 Å². The van der Waals surface area contributed by atoms with Crippen LogP contribution >= 0.6 is 11.3 Å². The van der Waals surface area contributed by atoms with Gasteiger partial charge >= 0.3 is 0 Å². The highest BCUT2D eigenvalue weighted by Crippen LogP contribution is 2.27. The van der Waals surface area contributed by atoms with Gasteiger partial charge in [0.1, 0.15) is 18.2 Å². The molecule has 4 heteroatoms. The molecule has 0 bridgehead atoms. The van der Waals surface area contributed by atoms with Crippen molar-refractivity contribution >= 4 is 11.3 Å². The average molecular weight is 256 g/mol. The molecule has 1 N–H and O–H groups in total. The third-order valence-electron chi connectivity index (χ3n) is 2.59. The van der Waals surface area contributed by atoms with Crippen molar-refractivity contribution < 1.29 is 4.74 Å². The minimum atomic E-state index is 0.593. The SMILES string of the molecule is c1csc(COc2ccccc2-c2ncc[nH]2)c1. The lowest BCUT2D eigenvalue weighted by Crippen LogP contribution is -1.95. The molecule has 0 saturated carbocycles. The number of para-hydroxylation sites is 1. The molecule has 0 spiro atoms. The zero-order chi connectivity index (χ0) is 12.2. The number of benzene rings is 1. The fraction of sp³-hybridized carbons (Fsp3) is 0.0714. The maximum Gasteiger partial charge on any atom is 0.141 e. The van der Waals surface area contributed by atoms with Crippen molar-refractivity contribution in [1.29, 1.82) is 0 Å². The minimum absolute atomic E-state index is 0.593. The number of hydrogen-bond donors (Lipinski definition) is 1. The van der Waals surface area contributed by atoms with E-state index in [1.165, 1.54) is 4.88 Å². The Hall–Kier alpha value is -2.07. The quantitative estimate of drug-likeness (QED) is 0.772. The Labute approximate surface area is 109 Å². The molecule has 0 saturated heterocycles. The van der Waals surface area contributed by atoms with E-state index in [1.54, 1.807) is 17.5 Å². The molecule has 0 fully saturated rings. The van der Waals surface area contributed by atoms with E-state index in [-0.39, 0.29) is 0 Å². The van der Waals surface area contributed by atoms with Crippen LogP contribution in [0.4, 0.5) is 0 Å². The topological polar surface area (TPSA) is 37.9 Å². The van der Waals surface area contributed by atoms with Crippen molar-refractivity contribution in [2.45, 2.75) is 6.61 Å². The lowest BCUT2D eigenvalue weighted by Gasteiger charge is -2.08. The average Bonchev–Trinajstić information content (AvgIpc) is 3.10. The summed E-state index contributed by atoms with van der Waals surface area (Å²) >= 11 is 1.70. The van der Waals surface area contributed by atoms with Crippen molar-refractivity contribution in [2.75, 3.05) is 0 Å². The summed E-state index contributed by atoms with van der Waals surface area (Å²) in [5.74, 6) is 1.68. The molecule has 0 aliphatic rings. The third kappa shape index (κ3) is 2.28. The number of hydrogen-bond acceptors (Lipinski definition) is 3. The molecular formula is C14H12N2OS. The number of imidazole rings is 1. The maximum atomic E-state index is 5.86. The molecule has 3 rings (SSSR count). The van der Waals surface area contributed by atoms with Gasteiger partial charge < -0.3 is 9.72 Å². The molecule has 3 aromatic rings. The van der Waals surface area contributed by atoms with Crippen LogP contribution in [0.25, 0.3) is 11.4 Å². The Morgan fingerprint density at radius 1 is 1.17 bits per heavy atom. The van der Waals surface area contributed by atoms with Crippen LogP contribution in [-0.4, -0.2) is 9.97 Å². The Morgan fingerprint density at radius 3 is 2.89 bits per heavy atom. The summed E-state index contributed by atoms with van der Waals surface area (Å²) in [6.07, 6.45) is 3.55. The first kappa shape index (κ1) is 11.0. The number of thiophene rings is 1. The lowest BCUT2D eigenvalue weighted by molar-refractivity contribution is 0.311. The van der Waals surface area contributed by atoms with E-state index in [0.717, 1.165) is 17.1 Å². The van der Waals surface area contributed by atoms with Crippen LogP contribution in [0.5, 0.6) is 5.75 Å². The lowest BCUT2D eigenvalue weighted by atomic mass is 10.2. The molecule has 3 nitrogen and oxygen atoms in total. The fourth-order valence-electron chi connectivity index (χ4n) is 1.74. The van der Waals surface area contributed by atoms with Gasteiger partial charge in [-0.3, -0.25) is 0 Å². The summed E-state index contributed by atoms with van der Waals surface area (Å²) in [7, 11) is 0. The molecule has 2 heterocycles. The largest absolute Gasteiger partial charge is 0.487 e. The first-order valence-electron chi connectivity index (χ1n) is 5.67. The van der Waals surface area contributed by atoms with Gasteiger partial charge in [0.05, 0.1) is 5.56 Å².